The van der Waals surface area contributed by atoms with Gasteiger partial charge < -0.3 is 21.7 Å². The minimum atomic E-state index is -0.965. The van der Waals surface area contributed by atoms with E-state index in [0.29, 0.717) is 22.5 Å². The predicted molar refractivity (Wildman–Crippen MR) is 101 cm³/mol. The molecule has 0 aromatic heterocycles. The molecule has 2 aromatic rings. The minimum absolute atomic E-state index is 0.557. The average molecular weight is 326 g/mol. The Morgan fingerprint density at radius 1 is 0.708 bits per heavy atom. The van der Waals surface area contributed by atoms with Crippen LogP contribution in [0.5, 0.6) is 0 Å². The van der Waals surface area contributed by atoms with Crippen LogP contribution in [0, 0.1) is 0 Å². The molecule has 24 heavy (non-hydrogen) atoms. The van der Waals surface area contributed by atoms with Gasteiger partial charge in [-0.05, 0) is 51.0 Å². The van der Waals surface area contributed by atoms with Crippen LogP contribution in [0.4, 0.5) is 11.4 Å². The van der Waals surface area contributed by atoms with E-state index in [1.165, 1.54) is 0 Å². The molecule has 0 heterocycles. The van der Waals surface area contributed by atoms with E-state index >= 15 is 0 Å². The summed E-state index contributed by atoms with van der Waals surface area (Å²) >= 11 is 0. The minimum Gasteiger partial charge on any atom is -0.398 e. The van der Waals surface area contributed by atoms with E-state index in [9.17, 15) is 10.2 Å². The van der Waals surface area contributed by atoms with Gasteiger partial charge in [0.15, 0.2) is 0 Å². The SMILES string of the molecule is CC(C)(O)c1ccc(/C=C/c2ccc(C(C)(C)O)c(N)c2)cc1N. The van der Waals surface area contributed by atoms with E-state index in [0.717, 1.165) is 11.1 Å². The summed E-state index contributed by atoms with van der Waals surface area (Å²) in [5, 5.41) is 20.1. The number of rotatable bonds is 4. The highest BCUT2D eigenvalue weighted by molar-refractivity contribution is 5.73. The Hall–Kier alpha value is -2.30. The van der Waals surface area contributed by atoms with E-state index in [-0.39, 0.29) is 0 Å². The van der Waals surface area contributed by atoms with Gasteiger partial charge in [-0.1, -0.05) is 36.4 Å². The lowest BCUT2D eigenvalue weighted by atomic mass is 9.94. The van der Waals surface area contributed by atoms with Gasteiger partial charge >= 0.3 is 0 Å². The van der Waals surface area contributed by atoms with Crippen LogP contribution in [0.1, 0.15) is 49.9 Å². The number of aliphatic hydroxyl groups is 2. The molecule has 0 radical (unpaired) electrons. The molecule has 0 saturated heterocycles. The summed E-state index contributed by atoms with van der Waals surface area (Å²) in [4.78, 5) is 0. The van der Waals surface area contributed by atoms with Crippen LogP contribution in [0.25, 0.3) is 12.2 Å². The van der Waals surface area contributed by atoms with Crippen molar-refractivity contribution >= 4 is 23.5 Å². The zero-order valence-corrected chi connectivity index (χ0v) is 14.7. The van der Waals surface area contributed by atoms with Gasteiger partial charge in [-0.2, -0.15) is 0 Å². The third-order valence-electron chi connectivity index (χ3n) is 3.94. The highest BCUT2D eigenvalue weighted by Gasteiger charge is 2.19. The van der Waals surface area contributed by atoms with Crippen molar-refractivity contribution in [3.63, 3.8) is 0 Å². The van der Waals surface area contributed by atoms with Crippen molar-refractivity contribution in [2.45, 2.75) is 38.9 Å². The maximum Gasteiger partial charge on any atom is 0.0860 e. The number of anilines is 2. The van der Waals surface area contributed by atoms with Gasteiger partial charge in [0.25, 0.3) is 0 Å². The molecule has 0 aliphatic rings. The molecule has 4 heteroatoms. The molecule has 0 fully saturated rings. The van der Waals surface area contributed by atoms with Crippen LogP contribution in [-0.2, 0) is 11.2 Å². The molecule has 0 spiro atoms. The number of nitrogen functional groups attached to an aromatic ring is 2. The standard InChI is InChI=1S/C20H26N2O2/c1-19(2,23)15-9-7-13(11-17(15)21)5-6-14-8-10-16(18(22)12-14)20(3,4)24/h5-12,23-24H,21-22H2,1-4H3/b6-5+. The normalized spacial score (nSPS) is 12.8. The zero-order valence-electron chi connectivity index (χ0n) is 14.7. The maximum atomic E-state index is 10.1. The largest absolute Gasteiger partial charge is 0.398 e. The second kappa shape index (κ2) is 6.30. The van der Waals surface area contributed by atoms with Crippen LogP contribution in [0.2, 0.25) is 0 Å². The summed E-state index contributed by atoms with van der Waals surface area (Å²) in [5.74, 6) is 0. The highest BCUT2D eigenvalue weighted by Crippen LogP contribution is 2.28. The lowest BCUT2D eigenvalue weighted by Gasteiger charge is -2.20. The van der Waals surface area contributed by atoms with Crippen molar-refractivity contribution in [3.05, 3.63) is 58.7 Å². The van der Waals surface area contributed by atoms with Crippen LogP contribution in [-0.4, -0.2) is 10.2 Å². The van der Waals surface area contributed by atoms with E-state index in [1.54, 1.807) is 27.7 Å². The van der Waals surface area contributed by atoms with Crippen LogP contribution >= 0.6 is 0 Å². The second-order valence-corrected chi connectivity index (χ2v) is 7.14. The van der Waals surface area contributed by atoms with E-state index in [4.69, 9.17) is 11.5 Å². The third-order valence-corrected chi connectivity index (χ3v) is 3.94. The Morgan fingerprint density at radius 3 is 1.29 bits per heavy atom. The van der Waals surface area contributed by atoms with Crippen molar-refractivity contribution in [2.75, 3.05) is 11.5 Å². The van der Waals surface area contributed by atoms with Crippen molar-refractivity contribution in [2.24, 2.45) is 0 Å². The molecule has 4 nitrogen and oxygen atoms in total. The third kappa shape index (κ3) is 4.16. The zero-order chi connectivity index (χ0) is 18.1. The van der Waals surface area contributed by atoms with Crippen LogP contribution in [0.15, 0.2) is 36.4 Å². The fourth-order valence-corrected chi connectivity index (χ4v) is 2.68. The molecule has 0 saturated carbocycles. The van der Waals surface area contributed by atoms with Crippen LogP contribution < -0.4 is 11.5 Å². The first-order valence-corrected chi connectivity index (χ1v) is 7.91. The first kappa shape index (κ1) is 18.0. The Morgan fingerprint density at radius 2 is 1.04 bits per heavy atom. The van der Waals surface area contributed by atoms with Crippen molar-refractivity contribution in [1.29, 1.82) is 0 Å². The topological polar surface area (TPSA) is 92.5 Å². The van der Waals surface area contributed by atoms with E-state index in [2.05, 4.69) is 0 Å². The molecule has 2 rings (SSSR count). The molecular weight excluding hydrogens is 300 g/mol. The van der Waals surface area contributed by atoms with Gasteiger partial charge in [0.1, 0.15) is 0 Å². The fourth-order valence-electron chi connectivity index (χ4n) is 2.68. The average Bonchev–Trinajstić information content (AvgIpc) is 2.42. The number of benzene rings is 2. The van der Waals surface area contributed by atoms with Gasteiger partial charge in [0, 0.05) is 22.5 Å². The Kier molecular flexibility index (Phi) is 4.74. The molecule has 0 aliphatic heterocycles. The molecule has 0 bridgehead atoms. The summed E-state index contributed by atoms with van der Waals surface area (Å²) in [5.41, 5.74) is 14.5. The van der Waals surface area contributed by atoms with Gasteiger partial charge in [-0.3, -0.25) is 0 Å². The first-order chi connectivity index (χ1) is 11.0. The molecular formula is C20H26N2O2. The molecule has 128 valence electrons. The molecule has 0 unspecified atom stereocenters. The van der Waals surface area contributed by atoms with Crippen molar-refractivity contribution in [3.8, 4) is 0 Å². The van der Waals surface area contributed by atoms with Gasteiger partial charge in [-0.25, -0.2) is 0 Å². The summed E-state index contributed by atoms with van der Waals surface area (Å²) < 4.78 is 0. The number of hydrogen-bond donors (Lipinski definition) is 4. The lowest BCUT2D eigenvalue weighted by Crippen LogP contribution is -2.17. The molecule has 0 amide bonds. The number of nitrogens with two attached hydrogens (primary N) is 2. The summed E-state index contributed by atoms with van der Waals surface area (Å²) in [6, 6.07) is 11.2. The smallest absolute Gasteiger partial charge is 0.0860 e. The first-order valence-electron chi connectivity index (χ1n) is 7.91. The molecule has 0 aliphatic carbocycles. The maximum absolute atomic E-state index is 10.1. The predicted octanol–water partition coefficient (Wildman–Crippen LogP) is 3.48. The summed E-state index contributed by atoms with van der Waals surface area (Å²) in [6.45, 7) is 6.84. The van der Waals surface area contributed by atoms with Crippen molar-refractivity contribution in [1.82, 2.24) is 0 Å². The lowest BCUT2D eigenvalue weighted by molar-refractivity contribution is 0.0788. The Balaban J connectivity index is 2.26. The Labute approximate surface area is 143 Å². The summed E-state index contributed by atoms with van der Waals surface area (Å²) in [6.07, 6.45) is 3.87. The monoisotopic (exact) mass is 326 g/mol. The Bertz CT molecular complexity index is 701. The van der Waals surface area contributed by atoms with Crippen LogP contribution in [0.3, 0.4) is 0 Å². The van der Waals surface area contributed by atoms with Gasteiger partial charge in [0.2, 0.25) is 0 Å². The van der Waals surface area contributed by atoms with Gasteiger partial charge in [-0.15, -0.1) is 0 Å². The van der Waals surface area contributed by atoms with E-state index < -0.39 is 11.2 Å². The second-order valence-electron chi connectivity index (χ2n) is 7.14. The molecule has 2 aromatic carbocycles. The highest BCUT2D eigenvalue weighted by atomic mass is 16.3. The van der Waals surface area contributed by atoms with E-state index in [1.807, 2.05) is 48.6 Å². The fraction of sp³-hybridized carbons (Fsp3) is 0.300. The number of hydrogen-bond acceptors (Lipinski definition) is 4. The summed E-state index contributed by atoms with van der Waals surface area (Å²) in [7, 11) is 0. The van der Waals surface area contributed by atoms with Gasteiger partial charge in [0.05, 0.1) is 11.2 Å². The molecule has 6 N–H and O–H groups in total. The van der Waals surface area contributed by atoms with Crippen molar-refractivity contribution < 1.29 is 10.2 Å². The molecule has 0 atom stereocenters. The quantitative estimate of drug-likeness (QED) is 0.511.